The van der Waals surface area contributed by atoms with E-state index >= 15 is 0 Å². The molecule has 0 saturated heterocycles. The summed E-state index contributed by atoms with van der Waals surface area (Å²) in [7, 11) is 0. The molecule has 0 unspecified atom stereocenters. The van der Waals surface area contributed by atoms with Crippen LogP contribution in [0.4, 0.5) is 10.1 Å². The monoisotopic (exact) mass is 373 g/mol. The number of thioether (sulfide) groups is 1. The number of rotatable bonds is 7. The summed E-state index contributed by atoms with van der Waals surface area (Å²) in [6, 6.07) is 10.9. The third kappa shape index (κ3) is 4.70. The molecule has 0 bridgehead atoms. The van der Waals surface area contributed by atoms with Crippen LogP contribution >= 0.6 is 11.8 Å². The number of benzene rings is 2. The molecule has 0 radical (unpaired) electrons. The number of nitrogens with one attached hydrogen (secondary N) is 1. The molecule has 0 saturated carbocycles. The molecule has 5 nitrogen and oxygen atoms in total. The van der Waals surface area contributed by atoms with E-state index in [1.807, 2.05) is 0 Å². The van der Waals surface area contributed by atoms with Crippen molar-refractivity contribution in [3.05, 3.63) is 59.4 Å². The van der Waals surface area contributed by atoms with E-state index in [9.17, 15) is 18.8 Å². The number of anilines is 1. The predicted molar refractivity (Wildman–Crippen MR) is 95.8 cm³/mol. The van der Waals surface area contributed by atoms with Gasteiger partial charge in [0.1, 0.15) is 5.82 Å². The first kappa shape index (κ1) is 18.1. The molecule has 1 heterocycles. The fourth-order valence-electron chi connectivity index (χ4n) is 2.49. The molecule has 1 aliphatic rings. The zero-order chi connectivity index (χ0) is 18.5. The average Bonchev–Trinajstić information content (AvgIpc) is 3.00. The molecule has 0 spiro atoms. The highest BCUT2D eigenvalue weighted by Crippen LogP contribution is 2.24. The molecule has 0 aromatic heterocycles. The van der Waals surface area contributed by atoms with E-state index in [0.717, 1.165) is 10.5 Å². The first-order chi connectivity index (χ1) is 12.5. The molecule has 26 heavy (non-hydrogen) atoms. The Morgan fingerprint density at radius 2 is 1.92 bits per heavy atom. The van der Waals surface area contributed by atoms with E-state index in [1.165, 1.54) is 23.9 Å². The highest BCUT2D eigenvalue weighted by atomic mass is 32.2. The number of esters is 1. The number of hydrogen-bond acceptors (Lipinski definition) is 5. The van der Waals surface area contributed by atoms with Gasteiger partial charge in [0.2, 0.25) is 5.91 Å². The Morgan fingerprint density at radius 3 is 2.69 bits per heavy atom. The first-order valence-electron chi connectivity index (χ1n) is 8.01. The average molecular weight is 373 g/mol. The zero-order valence-corrected chi connectivity index (χ0v) is 14.6. The van der Waals surface area contributed by atoms with Crippen molar-refractivity contribution in [2.45, 2.75) is 17.7 Å². The standard InChI is InChI=1S/C19H16FNO4S/c20-14-2-4-15(5-3-14)26-8-7-19(24)25-11-17(22)12-1-6-16-13(9-12)10-18(23)21-16/h1-6,9H,7-8,10-11H2,(H,21,23). The van der Waals surface area contributed by atoms with Crippen molar-refractivity contribution >= 4 is 35.1 Å². The van der Waals surface area contributed by atoms with Crippen LogP contribution in [0.15, 0.2) is 47.4 Å². The summed E-state index contributed by atoms with van der Waals surface area (Å²) in [5, 5.41) is 2.69. The van der Waals surface area contributed by atoms with Crippen molar-refractivity contribution in [3.8, 4) is 0 Å². The van der Waals surface area contributed by atoms with Gasteiger partial charge in [0, 0.05) is 21.9 Å². The lowest BCUT2D eigenvalue weighted by molar-refractivity contribution is -0.142. The molecule has 2 aromatic carbocycles. The summed E-state index contributed by atoms with van der Waals surface area (Å²) >= 11 is 1.41. The minimum atomic E-state index is -0.467. The molecule has 0 atom stereocenters. The largest absolute Gasteiger partial charge is 0.457 e. The lowest BCUT2D eigenvalue weighted by Crippen LogP contribution is -2.14. The molecular formula is C19H16FNO4S. The maximum atomic E-state index is 12.8. The summed E-state index contributed by atoms with van der Waals surface area (Å²) in [6.45, 7) is -0.333. The summed E-state index contributed by atoms with van der Waals surface area (Å²) in [5.41, 5.74) is 1.89. The number of halogens is 1. The Hall–Kier alpha value is -2.67. The van der Waals surface area contributed by atoms with Gasteiger partial charge in [-0.15, -0.1) is 11.8 Å². The minimum absolute atomic E-state index is 0.102. The lowest BCUT2D eigenvalue weighted by Gasteiger charge is -2.06. The van der Waals surface area contributed by atoms with Gasteiger partial charge in [-0.05, 0) is 48.0 Å². The molecule has 2 aromatic rings. The van der Waals surface area contributed by atoms with Gasteiger partial charge in [-0.3, -0.25) is 14.4 Å². The van der Waals surface area contributed by atoms with E-state index in [-0.39, 0.29) is 37.0 Å². The molecule has 0 fully saturated rings. The normalized spacial score (nSPS) is 12.4. The topological polar surface area (TPSA) is 72.5 Å². The van der Waals surface area contributed by atoms with Gasteiger partial charge in [-0.2, -0.15) is 0 Å². The van der Waals surface area contributed by atoms with Crippen molar-refractivity contribution in [2.24, 2.45) is 0 Å². The second-order valence-corrected chi connectivity index (χ2v) is 6.90. The van der Waals surface area contributed by atoms with Crippen molar-refractivity contribution in [1.29, 1.82) is 0 Å². The van der Waals surface area contributed by atoms with Crippen LogP contribution in [0, 0.1) is 5.82 Å². The van der Waals surface area contributed by atoms with Crippen molar-refractivity contribution in [2.75, 3.05) is 17.7 Å². The molecule has 1 amide bonds. The number of Topliss-reactive ketones (excluding diaryl/α,β-unsaturated/α-hetero) is 1. The molecule has 7 heteroatoms. The minimum Gasteiger partial charge on any atom is -0.457 e. The Kier molecular flexibility index (Phi) is 5.68. The third-order valence-corrected chi connectivity index (χ3v) is 4.82. The fraction of sp³-hybridized carbons (Fsp3) is 0.211. The highest BCUT2D eigenvalue weighted by molar-refractivity contribution is 7.99. The number of carbonyl (C=O) groups is 3. The van der Waals surface area contributed by atoms with Gasteiger partial charge in [-0.1, -0.05) is 0 Å². The summed E-state index contributed by atoms with van der Waals surface area (Å²) in [4.78, 5) is 36.1. The maximum absolute atomic E-state index is 12.8. The van der Waals surface area contributed by atoms with Gasteiger partial charge in [-0.25, -0.2) is 4.39 Å². The zero-order valence-electron chi connectivity index (χ0n) is 13.8. The van der Waals surface area contributed by atoms with E-state index in [4.69, 9.17) is 4.74 Å². The van der Waals surface area contributed by atoms with E-state index < -0.39 is 5.97 Å². The van der Waals surface area contributed by atoms with Crippen molar-refractivity contribution < 1.29 is 23.5 Å². The number of ether oxygens (including phenoxy) is 1. The second-order valence-electron chi connectivity index (χ2n) is 5.73. The lowest BCUT2D eigenvalue weighted by atomic mass is 10.1. The van der Waals surface area contributed by atoms with Crippen LogP contribution < -0.4 is 5.32 Å². The van der Waals surface area contributed by atoms with Gasteiger partial charge < -0.3 is 10.1 Å². The number of fused-ring (bicyclic) bond motifs is 1. The van der Waals surface area contributed by atoms with Crippen LogP contribution in [0.2, 0.25) is 0 Å². The maximum Gasteiger partial charge on any atom is 0.307 e. The molecule has 1 N–H and O–H groups in total. The smallest absolute Gasteiger partial charge is 0.307 e. The van der Waals surface area contributed by atoms with E-state index in [1.54, 1.807) is 30.3 Å². The van der Waals surface area contributed by atoms with Crippen LogP contribution in [-0.4, -0.2) is 30.0 Å². The highest BCUT2D eigenvalue weighted by Gasteiger charge is 2.19. The van der Waals surface area contributed by atoms with Crippen molar-refractivity contribution in [3.63, 3.8) is 0 Å². The Morgan fingerprint density at radius 1 is 1.15 bits per heavy atom. The second kappa shape index (κ2) is 8.14. The van der Waals surface area contributed by atoms with Crippen LogP contribution in [0.25, 0.3) is 0 Å². The third-order valence-electron chi connectivity index (χ3n) is 3.81. The fourth-order valence-corrected chi connectivity index (χ4v) is 3.32. The quantitative estimate of drug-likeness (QED) is 0.458. The van der Waals surface area contributed by atoms with Gasteiger partial charge in [0.05, 0.1) is 12.8 Å². The molecule has 134 valence electrons. The molecule has 1 aliphatic heterocycles. The predicted octanol–water partition coefficient (Wildman–Crippen LogP) is 3.23. The van der Waals surface area contributed by atoms with Crippen LogP contribution in [0.5, 0.6) is 0 Å². The number of carbonyl (C=O) groups excluding carboxylic acids is 3. The van der Waals surface area contributed by atoms with Gasteiger partial charge in [0.25, 0.3) is 0 Å². The van der Waals surface area contributed by atoms with E-state index in [0.29, 0.717) is 17.0 Å². The van der Waals surface area contributed by atoms with Gasteiger partial charge >= 0.3 is 5.97 Å². The Labute approximate surface area is 153 Å². The molecule has 3 rings (SSSR count). The number of amides is 1. The molecule has 0 aliphatic carbocycles. The summed E-state index contributed by atoms with van der Waals surface area (Å²) in [6.07, 6.45) is 0.398. The Bertz CT molecular complexity index is 851. The van der Waals surface area contributed by atoms with E-state index in [2.05, 4.69) is 5.32 Å². The van der Waals surface area contributed by atoms with Crippen molar-refractivity contribution in [1.82, 2.24) is 0 Å². The van der Waals surface area contributed by atoms with Crippen LogP contribution in [-0.2, 0) is 20.7 Å². The Balaban J connectivity index is 1.43. The van der Waals surface area contributed by atoms with Gasteiger partial charge in [0.15, 0.2) is 12.4 Å². The number of ketones is 1. The number of hydrogen-bond donors (Lipinski definition) is 1. The van der Waals surface area contributed by atoms with Crippen LogP contribution in [0.3, 0.4) is 0 Å². The first-order valence-corrected chi connectivity index (χ1v) is 9.00. The summed E-state index contributed by atoms with van der Waals surface area (Å²) < 4.78 is 17.8. The summed E-state index contributed by atoms with van der Waals surface area (Å²) in [5.74, 6) is -0.711. The van der Waals surface area contributed by atoms with Crippen LogP contribution in [0.1, 0.15) is 22.3 Å². The molecular weight excluding hydrogens is 357 g/mol. The SMILES string of the molecule is O=C1Cc2cc(C(=O)COC(=O)CCSc3ccc(F)cc3)ccc2N1.